The fraction of sp³-hybridized carbons (Fsp3) is 0.588. The van der Waals surface area contributed by atoms with E-state index in [1.165, 1.54) is 25.7 Å². The van der Waals surface area contributed by atoms with Crippen molar-refractivity contribution in [2.24, 2.45) is 0 Å². The van der Waals surface area contributed by atoms with Crippen molar-refractivity contribution < 1.29 is 14.3 Å². The molecular formula is C17H25BO3. The summed E-state index contributed by atoms with van der Waals surface area (Å²) >= 11 is 0. The molecule has 0 atom stereocenters. The highest BCUT2D eigenvalue weighted by atomic mass is 16.5. The van der Waals surface area contributed by atoms with Gasteiger partial charge in [-0.1, -0.05) is 50.6 Å². The Hall–Kier alpha value is -1.45. The van der Waals surface area contributed by atoms with Gasteiger partial charge in [0.15, 0.2) is 11.5 Å². The molecule has 0 saturated carbocycles. The summed E-state index contributed by atoms with van der Waals surface area (Å²) in [5.74, 6) is 1.10. The van der Waals surface area contributed by atoms with E-state index in [2.05, 4.69) is 6.92 Å². The number of rotatable bonds is 11. The Bertz CT molecular complexity index is 432. The minimum absolute atomic E-state index is 0.453. The van der Waals surface area contributed by atoms with Crippen molar-refractivity contribution in [3.8, 4) is 11.5 Å². The van der Waals surface area contributed by atoms with Crippen LogP contribution in [0.2, 0.25) is 0 Å². The zero-order valence-electron chi connectivity index (χ0n) is 13.2. The van der Waals surface area contributed by atoms with E-state index in [1.54, 1.807) is 12.1 Å². The normalized spacial score (nSPS) is 10.4. The van der Waals surface area contributed by atoms with Gasteiger partial charge in [0.1, 0.15) is 14.1 Å². The number of hydrogen-bond acceptors (Lipinski definition) is 3. The molecule has 0 bridgehead atoms. The second-order valence-corrected chi connectivity index (χ2v) is 5.10. The van der Waals surface area contributed by atoms with Crippen LogP contribution < -0.4 is 14.9 Å². The Kier molecular flexibility index (Phi) is 8.64. The Morgan fingerprint density at radius 1 is 1.05 bits per heavy atom. The lowest BCUT2D eigenvalue weighted by Crippen LogP contribution is -2.13. The van der Waals surface area contributed by atoms with Crippen molar-refractivity contribution in [3.63, 3.8) is 0 Å². The summed E-state index contributed by atoms with van der Waals surface area (Å²) in [5, 5.41) is 0. The van der Waals surface area contributed by atoms with Gasteiger partial charge in [0.25, 0.3) is 0 Å². The van der Waals surface area contributed by atoms with Gasteiger partial charge < -0.3 is 9.47 Å². The average molecular weight is 288 g/mol. The van der Waals surface area contributed by atoms with Gasteiger partial charge in [0.05, 0.1) is 13.2 Å². The lowest BCUT2D eigenvalue weighted by Gasteiger charge is -2.15. The minimum atomic E-state index is 0.453. The molecule has 1 rings (SSSR count). The Labute approximate surface area is 129 Å². The monoisotopic (exact) mass is 288 g/mol. The lowest BCUT2D eigenvalue weighted by molar-refractivity contribution is 0.112. The molecule has 21 heavy (non-hydrogen) atoms. The van der Waals surface area contributed by atoms with E-state index in [4.69, 9.17) is 17.3 Å². The largest absolute Gasteiger partial charge is 0.490 e. The molecule has 4 heteroatoms. The molecule has 0 aromatic heterocycles. The topological polar surface area (TPSA) is 35.5 Å². The number of hydrogen-bond donors (Lipinski definition) is 0. The fourth-order valence-electron chi connectivity index (χ4n) is 2.19. The number of benzene rings is 1. The maximum atomic E-state index is 10.9. The van der Waals surface area contributed by atoms with Crippen molar-refractivity contribution in [2.45, 2.75) is 52.4 Å². The minimum Gasteiger partial charge on any atom is -0.490 e. The highest BCUT2D eigenvalue weighted by Crippen LogP contribution is 2.26. The van der Waals surface area contributed by atoms with E-state index < -0.39 is 0 Å². The van der Waals surface area contributed by atoms with Crippen LogP contribution in [0.5, 0.6) is 11.5 Å². The zero-order valence-corrected chi connectivity index (χ0v) is 13.2. The molecule has 0 unspecified atom stereocenters. The molecule has 0 amide bonds. The Morgan fingerprint density at radius 3 is 2.43 bits per heavy atom. The molecule has 3 nitrogen and oxygen atoms in total. The standard InChI is InChI=1S/C17H25BO3/c1-3-5-6-7-8-9-10-21-17-15(18)11-14(13-19)12-16(17)20-4-2/h11-13H,3-10H2,1-2H3. The molecule has 0 fully saturated rings. The van der Waals surface area contributed by atoms with E-state index in [1.807, 2.05) is 6.92 Å². The number of carbonyl (C=O) groups excluding carboxylic acids is 1. The number of aldehydes is 1. The third kappa shape index (κ3) is 6.24. The van der Waals surface area contributed by atoms with Crippen molar-refractivity contribution in [2.75, 3.05) is 13.2 Å². The quantitative estimate of drug-likeness (QED) is 0.355. The van der Waals surface area contributed by atoms with Crippen molar-refractivity contribution in [1.82, 2.24) is 0 Å². The summed E-state index contributed by atoms with van der Waals surface area (Å²) in [5.41, 5.74) is 0.955. The molecule has 0 aliphatic heterocycles. The molecule has 0 aliphatic rings. The van der Waals surface area contributed by atoms with Crippen LogP contribution in [0.4, 0.5) is 0 Å². The summed E-state index contributed by atoms with van der Waals surface area (Å²) in [6.07, 6.45) is 8.02. The predicted octanol–water partition coefficient (Wildman–Crippen LogP) is 3.43. The van der Waals surface area contributed by atoms with Crippen LogP contribution in [0, 0.1) is 0 Å². The van der Waals surface area contributed by atoms with Crippen LogP contribution in [-0.4, -0.2) is 27.3 Å². The Morgan fingerprint density at radius 2 is 1.76 bits per heavy atom. The summed E-state index contributed by atoms with van der Waals surface area (Å²) < 4.78 is 11.3. The van der Waals surface area contributed by atoms with Gasteiger partial charge in [-0.3, -0.25) is 4.79 Å². The first kappa shape index (κ1) is 17.6. The number of ether oxygens (including phenoxy) is 2. The van der Waals surface area contributed by atoms with E-state index in [0.717, 1.165) is 19.1 Å². The molecule has 0 N–H and O–H groups in total. The van der Waals surface area contributed by atoms with Crippen molar-refractivity contribution in [3.05, 3.63) is 17.7 Å². The van der Waals surface area contributed by atoms with Crippen LogP contribution in [0.3, 0.4) is 0 Å². The molecule has 114 valence electrons. The molecule has 1 aromatic carbocycles. The van der Waals surface area contributed by atoms with E-state index >= 15 is 0 Å². The van der Waals surface area contributed by atoms with E-state index in [-0.39, 0.29) is 0 Å². The fourth-order valence-corrected chi connectivity index (χ4v) is 2.19. The molecule has 0 spiro atoms. The van der Waals surface area contributed by atoms with Gasteiger partial charge >= 0.3 is 0 Å². The van der Waals surface area contributed by atoms with Gasteiger partial charge in [-0.2, -0.15) is 0 Å². The first-order valence-corrected chi connectivity index (χ1v) is 7.87. The van der Waals surface area contributed by atoms with Gasteiger partial charge in [0.2, 0.25) is 0 Å². The third-order valence-corrected chi connectivity index (χ3v) is 3.29. The molecule has 1 aromatic rings. The molecule has 0 heterocycles. The van der Waals surface area contributed by atoms with Crippen molar-refractivity contribution in [1.29, 1.82) is 0 Å². The van der Waals surface area contributed by atoms with Crippen LogP contribution in [0.15, 0.2) is 12.1 Å². The van der Waals surface area contributed by atoms with Gasteiger partial charge in [-0.25, -0.2) is 0 Å². The maximum Gasteiger partial charge on any atom is 0.161 e. The van der Waals surface area contributed by atoms with E-state index in [9.17, 15) is 4.79 Å². The van der Waals surface area contributed by atoms with Crippen LogP contribution in [0.1, 0.15) is 62.7 Å². The van der Waals surface area contributed by atoms with Crippen LogP contribution in [0.25, 0.3) is 0 Å². The summed E-state index contributed by atoms with van der Waals surface area (Å²) in [7, 11) is 5.94. The number of carbonyl (C=O) groups is 1. The smallest absolute Gasteiger partial charge is 0.161 e. The molecular weight excluding hydrogens is 263 g/mol. The highest BCUT2D eigenvalue weighted by Gasteiger charge is 2.10. The van der Waals surface area contributed by atoms with Gasteiger partial charge in [-0.15, -0.1) is 0 Å². The number of unbranched alkanes of at least 4 members (excludes halogenated alkanes) is 5. The van der Waals surface area contributed by atoms with Gasteiger partial charge in [0, 0.05) is 5.56 Å². The second-order valence-electron chi connectivity index (χ2n) is 5.10. The summed E-state index contributed by atoms with van der Waals surface area (Å²) in [6, 6.07) is 3.29. The molecule has 0 aliphatic carbocycles. The molecule has 2 radical (unpaired) electrons. The van der Waals surface area contributed by atoms with Crippen LogP contribution in [-0.2, 0) is 0 Å². The van der Waals surface area contributed by atoms with Gasteiger partial charge in [-0.05, 0) is 19.4 Å². The summed E-state index contributed by atoms with van der Waals surface area (Å²) in [6.45, 7) is 5.23. The first-order valence-electron chi connectivity index (χ1n) is 7.87. The Balaban J connectivity index is 2.51. The predicted molar refractivity (Wildman–Crippen MR) is 87.3 cm³/mol. The highest BCUT2D eigenvalue weighted by molar-refractivity contribution is 6.35. The van der Waals surface area contributed by atoms with Crippen LogP contribution >= 0.6 is 0 Å². The lowest BCUT2D eigenvalue weighted by atomic mass is 9.92. The SMILES string of the molecule is [B]c1cc(C=O)cc(OCC)c1OCCCCCCCC. The zero-order chi connectivity index (χ0) is 15.5. The summed E-state index contributed by atoms with van der Waals surface area (Å²) in [4.78, 5) is 10.9. The van der Waals surface area contributed by atoms with Crippen molar-refractivity contribution >= 4 is 19.6 Å². The first-order chi connectivity index (χ1) is 10.2. The molecule has 0 saturated heterocycles. The maximum absolute atomic E-state index is 10.9. The van der Waals surface area contributed by atoms with E-state index in [0.29, 0.717) is 35.7 Å². The average Bonchev–Trinajstić information content (AvgIpc) is 2.48. The third-order valence-electron chi connectivity index (χ3n) is 3.29. The second kappa shape index (κ2) is 10.3.